The molecule has 0 heterocycles. The molecule has 0 rings (SSSR count). The van der Waals surface area contributed by atoms with Crippen LogP contribution in [0.5, 0.6) is 0 Å². The average Bonchev–Trinajstić information content (AvgIpc) is 2.56. The second-order valence-corrected chi connectivity index (χ2v) is 7.85. The summed E-state index contributed by atoms with van der Waals surface area (Å²) in [5.74, 6) is 0.711. The van der Waals surface area contributed by atoms with Crippen molar-refractivity contribution in [3.63, 3.8) is 0 Å². The Kier molecular flexibility index (Phi) is 13.8. The van der Waals surface area contributed by atoms with Gasteiger partial charge < -0.3 is 10.1 Å². The van der Waals surface area contributed by atoms with Gasteiger partial charge in [-0.3, -0.25) is 4.79 Å². The van der Waals surface area contributed by atoms with Crippen LogP contribution >= 0.6 is 11.8 Å². The first-order valence-corrected chi connectivity index (χ1v) is 10.3. The molecule has 0 aliphatic rings. The zero-order chi connectivity index (χ0) is 19.9. The highest BCUT2D eigenvalue weighted by Gasteiger charge is 2.19. The van der Waals surface area contributed by atoms with Gasteiger partial charge in [0.1, 0.15) is 6.04 Å². The van der Waals surface area contributed by atoms with Crippen LogP contribution in [0.2, 0.25) is 0 Å². The molecule has 0 aromatic heterocycles. The van der Waals surface area contributed by atoms with Crippen molar-refractivity contribution < 1.29 is 14.3 Å². The van der Waals surface area contributed by atoms with E-state index in [1.165, 1.54) is 30.8 Å². The summed E-state index contributed by atoms with van der Waals surface area (Å²) >= 11 is 1.62. The van der Waals surface area contributed by atoms with Crippen LogP contribution in [0.15, 0.2) is 34.9 Å². The van der Waals surface area contributed by atoms with Gasteiger partial charge in [0.15, 0.2) is 0 Å². The van der Waals surface area contributed by atoms with E-state index in [0.29, 0.717) is 5.75 Å². The normalized spacial score (nSPS) is 13.2. The van der Waals surface area contributed by atoms with Crippen LogP contribution in [0.1, 0.15) is 60.3 Å². The largest absolute Gasteiger partial charge is 0.467 e. The van der Waals surface area contributed by atoms with Crippen molar-refractivity contribution in [1.29, 1.82) is 0 Å². The molecule has 1 amide bonds. The SMILES string of the molecule is COC(=O)[C@H](CSC/C=C(\C)CC/C=C(\C)CCC=C(C)C)NC(C)=O. The van der Waals surface area contributed by atoms with E-state index in [0.717, 1.165) is 31.4 Å². The second kappa shape index (κ2) is 14.7. The molecule has 0 saturated carbocycles. The topological polar surface area (TPSA) is 55.4 Å². The Morgan fingerprint density at radius 2 is 1.54 bits per heavy atom. The Morgan fingerprint density at radius 3 is 2.08 bits per heavy atom. The standard InChI is InChI=1S/C21H35NO3S/c1-16(2)9-7-10-17(3)11-8-12-18(4)13-14-26-15-20(21(24)25-6)22-19(5)23/h9,11,13,20H,7-8,10,12,14-15H2,1-6H3,(H,22,23)/b17-11+,18-13+/t20-/m0/s1. The molecule has 0 radical (unpaired) electrons. The van der Waals surface area contributed by atoms with E-state index in [2.05, 4.69) is 51.2 Å². The van der Waals surface area contributed by atoms with Gasteiger partial charge in [-0.25, -0.2) is 4.79 Å². The molecule has 0 saturated heterocycles. The number of methoxy groups -OCH3 is 1. The number of thioether (sulfide) groups is 1. The molecule has 0 aromatic rings. The van der Waals surface area contributed by atoms with Crippen LogP contribution in [0.25, 0.3) is 0 Å². The molecule has 1 atom stereocenters. The molecule has 1 N–H and O–H groups in total. The van der Waals surface area contributed by atoms with Gasteiger partial charge in [0, 0.05) is 18.4 Å². The highest BCUT2D eigenvalue weighted by atomic mass is 32.2. The number of carbonyl (C=O) groups excluding carboxylic acids is 2. The quantitative estimate of drug-likeness (QED) is 0.299. The lowest BCUT2D eigenvalue weighted by Crippen LogP contribution is -2.42. The summed E-state index contributed by atoms with van der Waals surface area (Å²) in [4.78, 5) is 22.8. The molecule has 0 fully saturated rings. The molecule has 148 valence electrons. The lowest BCUT2D eigenvalue weighted by Gasteiger charge is -2.14. The summed E-state index contributed by atoms with van der Waals surface area (Å²) in [6.45, 7) is 10.0. The first-order chi connectivity index (χ1) is 12.3. The van der Waals surface area contributed by atoms with E-state index in [1.807, 2.05) is 0 Å². The van der Waals surface area contributed by atoms with Crippen LogP contribution in [0, 0.1) is 0 Å². The van der Waals surface area contributed by atoms with Gasteiger partial charge in [-0.15, -0.1) is 0 Å². The van der Waals surface area contributed by atoms with Crippen molar-refractivity contribution in [1.82, 2.24) is 5.32 Å². The van der Waals surface area contributed by atoms with E-state index in [-0.39, 0.29) is 5.91 Å². The molecular weight excluding hydrogens is 346 g/mol. The van der Waals surface area contributed by atoms with E-state index >= 15 is 0 Å². The number of rotatable bonds is 12. The van der Waals surface area contributed by atoms with Crippen LogP contribution in [-0.2, 0) is 14.3 Å². The third-order valence-corrected chi connectivity index (χ3v) is 4.79. The Balaban J connectivity index is 4.14. The number of amides is 1. The zero-order valence-corrected chi connectivity index (χ0v) is 18.0. The lowest BCUT2D eigenvalue weighted by atomic mass is 10.1. The molecular formula is C21H35NO3S. The third kappa shape index (κ3) is 13.8. The molecule has 0 unspecified atom stereocenters. The van der Waals surface area contributed by atoms with Gasteiger partial charge in [0.25, 0.3) is 0 Å². The smallest absolute Gasteiger partial charge is 0.329 e. The van der Waals surface area contributed by atoms with Gasteiger partial charge in [-0.05, 0) is 53.4 Å². The molecule has 0 spiro atoms. The van der Waals surface area contributed by atoms with E-state index in [1.54, 1.807) is 11.8 Å². The number of hydrogen-bond donors (Lipinski definition) is 1. The predicted molar refractivity (Wildman–Crippen MR) is 112 cm³/mol. The Hall–Kier alpha value is -1.49. The number of hydrogen-bond acceptors (Lipinski definition) is 4. The van der Waals surface area contributed by atoms with Crippen molar-refractivity contribution in [3.8, 4) is 0 Å². The fourth-order valence-electron chi connectivity index (χ4n) is 2.28. The number of esters is 1. The monoisotopic (exact) mass is 381 g/mol. The Bertz CT molecular complexity index is 531. The molecule has 0 bridgehead atoms. The van der Waals surface area contributed by atoms with Crippen LogP contribution in [0.3, 0.4) is 0 Å². The minimum atomic E-state index is -0.581. The fourth-order valence-corrected chi connectivity index (χ4v) is 3.28. The second-order valence-electron chi connectivity index (χ2n) is 6.77. The fraction of sp³-hybridized carbons (Fsp3) is 0.619. The maximum atomic E-state index is 11.6. The van der Waals surface area contributed by atoms with Gasteiger partial charge in [0.05, 0.1) is 7.11 Å². The third-order valence-electron chi connectivity index (χ3n) is 3.82. The van der Waals surface area contributed by atoms with Crippen molar-refractivity contribution >= 4 is 23.6 Å². The van der Waals surface area contributed by atoms with Gasteiger partial charge in [-0.1, -0.05) is 34.9 Å². The first-order valence-electron chi connectivity index (χ1n) is 9.13. The average molecular weight is 382 g/mol. The van der Waals surface area contributed by atoms with Crippen LogP contribution in [-0.4, -0.2) is 36.5 Å². The molecule has 0 aliphatic carbocycles. The summed E-state index contributed by atoms with van der Waals surface area (Å²) in [7, 11) is 1.33. The Labute approximate surface area is 163 Å². The molecule has 5 heteroatoms. The van der Waals surface area contributed by atoms with Gasteiger partial charge in [0.2, 0.25) is 5.91 Å². The summed E-state index contributed by atoms with van der Waals surface area (Å²) in [5.41, 5.74) is 4.17. The number of carbonyl (C=O) groups is 2. The van der Waals surface area contributed by atoms with Crippen molar-refractivity contribution in [2.24, 2.45) is 0 Å². The molecule has 4 nitrogen and oxygen atoms in total. The maximum Gasteiger partial charge on any atom is 0.329 e. The summed E-state index contributed by atoms with van der Waals surface area (Å²) in [6, 6.07) is -0.581. The first kappa shape index (κ1) is 24.5. The van der Waals surface area contributed by atoms with Gasteiger partial charge in [-0.2, -0.15) is 11.8 Å². The van der Waals surface area contributed by atoms with Crippen LogP contribution in [0.4, 0.5) is 0 Å². The van der Waals surface area contributed by atoms with E-state index in [9.17, 15) is 9.59 Å². The number of nitrogens with one attached hydrogen (secondary N) is 1. The number of ether oxygens (including phenoxy) is 1. The van der Waals surface area contributed by atoms with Crippen LogP contribution < -0.4 is 5.32 Å². The maximum absolute atomic E-state index is 11.6. The molecule has 0 aliphatic heterocycles. The predicted octanol–water partition coefficient (Wildman–Crippen LogP) is 4.82. The van der Waals surface area contributed by atoms with E-state index < -0.39 is 12.0 Å². The van der Waals surface area contributed by atoms with Crippen molar-refractivity contribution in [2.45, 2.75) is 66.3 Å². The van der Waals surface area contributed by atoms with E-state index in [4.69, 9.17) is 4.74 Å². The highest BCUT2D eigenvalue weighted by molar-refractivity contribution is 7.99. The summed E-state index contributed by atoms with van der Waals surface area (Å²) < 4.78 is 4.72. The lowest BCUT2D eigenvalue weighted by molar-refractivity contribution is -0.144. The molecule has 0 aromatic carbocycles. The number of allylic oxidation sites excluding steroid dienone is 5. The van der Waals surface area contributed by atoms with Crippen molar-refractivity contribution in [3.05, 3.63) is 34.9 Å². The Morgan fingerprint density at radius 1 is 0.962 bits per heavy atom. The van der Waals surface area contributed by atoms with Gasteiger partial charge >= 0.3 is 5.97 Å². The minimum absolute atomic E-state index is 0.223. The summed E-state index contributed by atoms with van der Waals surface area (Å²) in [6.07, 6.45) is 11.2. The molecule has 26 heavy (non-hydrogen) atoms. The summed E-state index contributed by atoms with van der Waals surface area (Å²) in [5, 5.41) is 2.62. The zero-order valence-electron chi connectivity index (χ0n) is 17.2. The highest BCUT2D eigenvalue weighted by Crippen LogP contribution is 2.13. The minimum Gasteiger partial charge on any atom is -0.467 e. The van der Waals surface area contributed by atoms with Crippen molar-refractivity contribution in [2.75, 3.05) is 18.6 Å².